The van der Waals surface area contributed by atoms with Crippen LogP contribution in [0.25, 0.3) is 0 Å². The largest absolute Gasteiger partial charge is 0.382 e. The van der Waals surface area contributed by atoms with Crippen LogP contribution < -0.4 is 10.6 Å². The second-order valence-electron chi connectivity index (χ2n) is 3.63. The third kappa shape index (κ3) is 2.78. The molecule has 1 aromatic rings. The zero-order chi connectivity index (χ0) is 11.4. The van der Waals surface area contributed by atoms with Crippen molar-refractivity contribution in [3.05, 3.63) is 27.8 Å². The van der Waals surface area contributed by atoms with Crippen molar-refractivity contribution in [2.75, 3.05) is 31.5 Å². The van der Waals surface area contributed by atoms with Gasteiger partial charge in [0, 0.05) is 35.4 Å². The fraction of sp³-hybridized carbons (Fsp3) is 0.364. The fourth-order valence-electron chi connectivity index (χ4n) is 1.65. The second kappa shape index (κ2) is 5.38. The molecule has 1 saturated heterocycles. The number of hydrogen-bond acceptors (Lipinski definition) is 2. The Bertz CT molecular complexity index is 383. The van der Waals surface area contributed by atoms with Gasteiger partial charge < -0.3 is 15.5 Å². The van der Waals surface area contributed by atoms with E-state index in [0.717, 1.165) is 31.9 Å². The van der Waals surface area contributed by atoms with E-state index in [0.29, 0.717) is 0 Å². The monoisotopic (exact) mass is 331 g/mol. The predicted molar refractivity (Wildman–Crippen MR) is 72.6 cm³/mol. The molecule has 0 radical (unpaired) electrons. The molecular weight excluding hydrogens is 317 g/mol. The van der Waals surface area contributed by atoms with E-state index in [4.69, 9.17) is 0 Å². The van der Waals surface area contributed by atoms with Crippen molar-refractivity contribution in [3.63, 3.8) is 0 Å². The van der Waals surface area contributed by atoms with Gasteiger partial charge in [-0.1, -0.05) is 12.1 Å². The molecule has 16 heavy (non-hydrogen) atoms. The summed E-state index contributed by atoms with van der Waals surface area (Å²) in [5.74, 6) is 0. The third-order valence-electron chi connectivity index (χ3n) is 2.52. The molecule has 0 atom stereocenters. The average Bonchev–Trinajstić information content (AvgIpc) is 2.67. The van der Waals surface area contributed by atoms with Crippen LogP contribution in [0.3, 0.4) is 0 Å². The summed E-state index contributed by atoms with van der Waals surface area (Å²) >= 11 is 2.30. The highest BCUT2D eigenvalue weighted by Crippen LogP contribution is 2.16. The maximum Gasteiger partial charge on any atom is 0.317 e. The zero-order valence-electron chi connectivity index (χ0n) is 8.87. The molecule has 0 unspecified atom stereocenters. The first kappa shape index (κ1) is 11.5. The second-order valence-corrected chi connectivity index (χ2v) is 4.79. The molecule has 86 valence electrons. The molecule has 2 amide bonds. The molecule has 0 bridgehead atoms. The van der Waals surface area contributed by atoms with Crippen molar-refractivity contribution in [3.8, 4) is 0 Å². The number of anilines is 1. The quantitative estimate of drug-likeness (QED) is 0.826. The number of halogens is 1. The lowest BCUT2D eigenvalue weighted by molar-refractivity contribution is 0.219. The van der Waals surface area contributed by atoms with Crippen LogP contribution in [0.1, 0.15) is 0 Å². The topological polar surface area (TPSA) is 44.4 Å². The number of nitrogens with one attached hydrogen (secondary N) is 2. The minimum absolute atomic E-state index is 0.0459. The van der Waals surface area contributed by atoms with E-state index in [1.807, 2.05) is 23.1 Å². The zero-order valence-corrected chi connectivity index (χ0v) is 11.0. The minimum atomic E-state index is 0.0459. The van der Waals surface area contributed by atoms with Crippen LogP contribution in [0.15, 0.2) is 24.3 Å². The Hall–Kier alpha value is -0.980. The summed E-state index contributed by atoms with van der Waals surface area (Å²) in [6.45, 7) is 3.11. The number of amides is 2. The maximum atomic E-state index is 11.3. The Balaban J connectivity index is 1.80. The van der Waals surface area contributed by atoms with Gasteiger partial charge in [0.05, 0.1) is 0 Å². The lowest BCUT2D eigenvalue weighted by Gasteiger charge is -2.15. The van der Waals surface area contributed by atoms with Crippen molar-refractivity contribution < 1.29 is 4.79 Å². The summed E-state index contributed by atoms with van der Waals surface area (Å²) in [6.07, 6.45) is 0. The van der Waals surface area contributed by atoms with Crippen LogP contribution in [-0.2, 0) is 0 Å². The molecule has 4 nitrogen and oxygen atoms in total. The first-order valence-corrected chi connectivity index (χ1v) is 6.36. The van der Waals surface area contributed by atoms with Crippen molar-refractivity contribution in [2.24, 2.45) is 0 Å². The molecule has 1 aliphatic rings. The number of nitrogens with zero attached hydrogens (tertiary/aromatic N) is 1. The standard InChI is InChI=1S/C11H14IN3O/c12-9-3-1-2-4-10(9)13-5-7-15-8-6-14-11(15)16/h1-4,13H,5-8H2,(H,14,16). The fourth-order valence-corrected chi connectivity index (χ4v) is 2.23. The molecule has 1 aromatic carbocycles. The first-order chi connectivity index (χ1) is 7.77. The van der Waals surface area contributed by atoms with Crippen molar-refractivity contribution in [1.82, 2.24) is 10.2 Å². The summed E-state index contributed by atoms with van der Waals surface area (Å²) < 4.78 is 1.20. The molecule has 0 saturated carbocycles. The molecular formula is C11H14IN3O. The van der Waals surface area contributed by atoms with E-state index in [1.54, 1.807) is 0 Å². The summed E-state index contributed by atoms with van der Waals surface area (Å²) in [5, 5.41) is 6.12. The lowest BCUT2D eigenvalue weighted by Crippen LogP contribution is -2.32. The van der Waals surface area contributed by atoms with Gasteiger partial charge in [-0.15, -0.1) is 0 Å². The minimum Gasteiger partial charge on any atom is -0.382 e. The smallest absolute Gasteiger partial charge is 0.317 e. The van der Waals surface area contributed by atoms with E-state index in [-0.39, 0.29) is 6.03 Å². The van der Waals surface area contributed by atoms with Crippen LogP contribution >= 0.6 is 22.6 Å². The van der Waals surface area contributed by atoms with Crippen LogP contribution in [-0.4, -0.2) is 37.1 Å². The number of carbonyl (C=O) groups excluding carboxylic acids is 1. The SMILES string of the molecule is O=C1NCCN1CCNc1ccccc1I. The van der Waals surface area contributed by atoms with Gasteiger partial charge in [-0.25, -0.2) is 4.79 Å². The summed E-state index contributed by atoms with van der Waals surface area (Å²) in [4.78, 5) is 13.1. The molecule has 2 rings (SSSR count). The van der Waals surface area contributed by atoms with Crippen LogP contribution in [0.4, 0.5) is 10.5 Å². The van der Waals surface area contributed by atoms with Crippen LogP contribution in [0.2, 0.25) is 0 Å². The van der Waals surface area contributed by atoms with E-state index in [9.17, 15) is 4.79 Å². The highest BCUT2D eigenvalue weighted by molar-refractivity contribution is 14.1. The van der Waals surface area contributed by atoms with Crippen molar-refractivity contribution >= 4 is 34.3 Å². The molecule has 1 aliphatic heterocycles. The number of benzene rings is 1. The highest BCUT2D eigenvalue weighted by atomic mass is 127. The maximum absolute atomic E-state index is 11.3. The van der Waals surface area contributed by atoms with Crippen molar-refractivity contribution in [1.29, 1.82) is 0 Å². The van der Waals surface area contributed by atoms with Gasteiger partial charge >= 0.3 is 6.03 Å². The summed E-state index contributed by atoms with van der Waals surface area (Å²) in [6, 6.07) is 8.18. The van der Waals surface area contributed by atoms with Crippen LogP contribution in [0.5, 0.6) is 0 Å². The Labute approximate surface area is 109 Å². The molecule has 2 N–H and O–H groups in total. The van der Waals surface area contributed by atoms with Gasteiger partial charge in [0.2, 0.25) is 0 Å². The highest BCUT2D eigenvalue weighted by Gasteiger charge is 2.18. The van der Waals surface area contributed by atoms with Crippen LogP contribution in [0, 0.1) is 3.57 Å². The van der Waals surface area contributed by atoms with E-state index in [1.165, 1.54) is 3.57 Å². The summed E-state index contributed by atoms with van der Waals surface area (Å²) in [5.41, 5.74) is 1.13. The first-order valence-electron chi connectivity index (χ1n) is 5.28. The third-order valence-corrected chi connectivity index (χ3v) is 3.46. The number of rotatable bonds is 4. The number of para-hydroxylation sites is 1. The Morgan fingerprint density at radius 2 is 2.25 bits per heavy atom. The summed E-state index contributed by atoms with van der Waals surface area (Å²) in [7, 11) is 0. The predicted octanol–water partition coefficient (Wildman–Crippen LogP) is 1.73. The van der Waals surface area contributed by atoms with E-state index < -0.39 is 0 Å². The van der Waals surface area contributed by atoms with E-state index in [2.05, 4.69) is 39.3 Å². The lowest BCUT2D eigenvalue weighted by atomic mass is 10.3. The van der Waals surface area contributed by atoms with Gasteiger partial charge in [0.25, 0.3) is 0 Å². The van der Waals surface area contributed by atoms with Gasteiger partial charge in [0.15, 0.2) is 0 Å². The Kier molecular flexibility index (Phi) is 3.87. The van der Waals surface area contributed by atoms with Gasteiger partial charge in [-0.3, -0.25) is 0 Å². The average molecular weight is 331 g/mol. The van der Waals surface area contributed by atoms with Gasteiger partial charge in [-0.2, -0.15) is 0 Å². The van der Waals surface area contributed by atoms with Crippen molar-refractivity contribution in [2.45, 2.75) is 0 Å². The molecule has 1 heterocycles. The number of urea groups is 1. The van der Waals surface area contributed by atoms with E-state index >= 15 is 0 Å². The Morgan fingerprint density at radius 1 is 1.44 bits per heavy atom. The van der Waals surface area contributed by atoms with Gasteiger partial charge in [0.1, 0.15) is 0 Å². The normalized spacial score (nSPS) is 15.1. The molecule has 0 aromatic heterocycles. The van der Waals surface area contributed by atoms with Gasteiger partial charge in [-0.05, 0) is 34.7 Å². The molecule has 1 fully saturated rings. The number of hydrogen-bond donors (Lipinski definition) is 2. The number of carbonyl (C=O) groups is 1. The Morgan fingerprint density at radius 3 is 2.94 bits per heavy atom. The molecule has 0 spiro atoms. The molecule has 5 heteroatoms. The molecule has 0 aliphatic carbocycles.